The van der Waals surface area contributed by atoms with E-state index in [0.29, 0.717) is 11.5 Å². The maximum atomic E-state index is 12.0. The molecule has 0 aliphatic rings. The van der Waals surface area contributed by atoms with Gasteiger partial charge >= 0.3 is 0 Å². The molecule has 0 aliphatic heterocycles. The van der Waals surface area contributed by atoms with Crippen LogP contribution in [-0.4, -0.2) is 31.5 Å². The van der Waals surface area contributed by atoms with E-state index in [1.54, 1.807) is 11.3 Å². The van der Waals surface area contributed by atoms with Gasteiger partial charge in [-0.15, -0.1) is 11.3 Å². The number of nitrogens with zero attached hydrogens (tertiary/aromatic N) is 5. The van der Waals surface area contributed by atoms with Gasteiger partial charge in [0.15, 0.2) is 0 Å². The fraction of sp³-hybridized carbons (Fsp3) is 0.294. The first-order chi connectivity index (χ1) is 12.0. The van der Waals surface area contributed by atoms with Crippen LogP contribution in [0, 0.1) is 6.92 Å². The Morgan fingerprint density at radius 2 is 2.04 bits per heavy atom. The molecule has 0 fully saturated rings. The van der Waals surface area contributed by atoms with Gasteiger partial charge in [0.25, 0.3) is 5.56 Å². The van der Waals surface area contributed by atoms with E-state index in [4.69, 9.17) is 4.98 Å². The van der Waals surface area contributed by atoms with E-state index in [9.17, 15) is 4.79 Å². The highest BCUT2D eigenvalue weighted by Gasteiger charge is 2.18. The maximum Gasteiger partial charge on any atom is 0.275 e. The van der Waals surface area contributed by atoms with Crippen molar-refractivity contribution in [3.63, 3.8) is 0 Å². The van der Waals surface area contributed by atoms with Crippen molar-refractivity contribution in [2.24, 2.45) is 0 Å². The van der Waals surface area contributed by atoms with E-state index in [0.717, 1.165) is 21.2 Å². The molecular weight excluding hydrogens is 354 g/mol. The second kappa shape index (κ2) is 6.29. The standard InChI is InChI=1S/C17H17N5OS2/c1-10-8-15(23)22-17(18-10)25-14(20-22)9-21(3)11(2)16-19-12-6-4-5-7-13(12)24-16/h4-8,11H,9H2,1-3H3/t11-/m1/s1. The molecule has 0 spiro atoms. The van der Waals surface area contributed by atoms with Crippen molar-refractivity contribution in [1.29, 1.82) is 0 Å². The topological polar surface area (TPSA) is 63.4 Å². The van der Waals surface area contributed by atoms with Gasteiger partial charge in [0.1, 0.15) is 10.0 Å². The van der Waals surface area contributed by atoms with Crippen LogP contribution in [0.4, 0.5) is 0 Å². The molecule has 0 N–H and O–H groups in total. The molecule has 3 heterocycles. The molecule has 6 nitrogen and oxygen atoms in total. The number of rotatable bonds is 4. The number of hydrogen-bond acceptors (Lipinski definition) is 7. The summed E-state index contributed by atoms with van der Waals surface area (Å²) in [6.45, 7) is 4.60. The number of para-hydroxylation sites is 1. The zero-order valence-electron chi connectivity index (χ0n) is 14.1. The Balaban J connectivity index is 1.59. The number of hydrogen-bond donors (Lipinski definition) is 0. The summed E-state index contributed by atoms with van der Waals surface area (Å²) in [6, 6.07) is 9.84. The molecule has 0 amide bonds. The number of benzene rings is 1. The molecule has 1 atom stereocenters. The van der Waals surface area contributed by atoms with Gasteiger partial charge in [0.2, 0.25) is 4.96 Å². The molecule has 0 radical (unpaired) electrons. The molecule has 0 aliphatic carbocycles. The van der Waals surface area contributed by atoms with Crippen LogP contribution in [0.25, 0.3) is 15.2 Å². The van der Waals surface area contributed by atoms with Gasteiger partial charge in [-0.3, -0.25) is 9.69 Å². The Morgan fingerprint density at radius 1 is 1.24 bits per heavy atom. The quantitative estimate of drug-likeness (QED) is 0.551. The van der Waals surface area contributed by atoms with E-state index in [1.165, 1.54) is 26.6 Å². The largest absolute Gasteiger partial charge is 0.291 e. The van der Waals surface area contributed by atoms with Gasteiger partial charge in [-0.1, -0.05) is 23.5 Å². The summed E-state index contributed by atoms with van der Waals surface area (Å²) in [5.41, 5.74) is 1.62. The molecule has 4 aromatic rings. The molecule has 0 unspecified atom stereocenters. The van der Waals surface area contributed by atoms with Crippen LogP contribution in [-0.2, 0) is 6.54 Å². The first-order valence-electron chi connectivity index (χ1n) is 7.93. The van der Waals surface area contributed by atoms with Gasteiger partial charge in [-0.05, 0) is 33.0 Å². The van der Waals surface area contributed by atoms with Crippen LogP contribution >= 0.6 is 22.7 Å². The third-order valence-electron chi connectivity index (χ3n) is 4.13. The Morgan fingerprint density at radius 3 is 2.84 bits per heavy atom. The lowest BCUT2D eigenvalue weighted by molar-refractivity contribution is 0.251. The normalized spacial score (nSPS) is 13.1. The van der Waals surface area contributed by atoms with E-state index in [1.807, 2.05) is 32.2 Å². The van der Waals surface area contributed by atoms with Crippen molar-refractivity contribution in [2.45, 2.75) is 26.4 Å². The molecular formula is C17H17N5OS2. The predicted octanol–water partition coefficient (Wildman–Crippen LogP) is 3.26. The maximum absolute atomic E-state index is 12.0. The van der Waals surface area contributed by atoms with Crippen molar-refractivity contribution < 1.29 is 0 Å². The minimum atomic E-state index is -0.133. The summed E-state index contributed by atoms with van der Waals surface area (Å²) in [6.07, 6.45) is 0. The molecule has 3 aromatic heterocycles. The number of aromatic nitrogens is 4. The van der Waals surface area contributed by atoms with Crippen LogP contribution in [0.2, 0.25) is 0 Å². The minimum absolute atomic E-state index is 0.133. The molecule has 128 valence electrons. The number of thiazole rings is 1. The smallest absolute Gasteiger partial charge is 0.275 e. The van der Waals surface area contributed by atoms with Gasteiger partial charge in [-0.25, -0.2) is 9.97 Å². The predicted molar refractivity (Wildman–Crippen MR) is 101 cm³/mol. The van der Waals surface area contributed by atoms with Crippen LogP contribution in [0.3, 0.4) is 0 Å². The first kappa shape index (κ1) is 16.3. The Kier molecular flexibility index (Phi) is 4.10. The van der Waals surface area contributed by atoms with Crippen LogP contribution in [0.1, 0.15) is 28.7 Å². The molecule has 0 saturated heterocycles. The summed E-state index contributed by atoms with van der Waals surface area (Å²) in [5.74, 6) is 0. The van der Waals surface area contributed by atoms with Crippen molar-refractivity contribution >= 4 is 37.9 Å². The third-order valence-corrected chi connectivity index (χ3v) is 6.23. The summed E-state index contributed by atoms with van der Waals surface area (Å²) >= 11 is 3.17. The summed E-state index contributed by atoms with van der Waals surface area (Å²) < 4.78 is 2.58. The second-order valence-electron chi connectivity index (χ2n) is 6.04. The Labute approximate surface area is 152 Å². The highest BCUT2D eigenvalue weighted by molar-refractivity contribution is 7.18. The number of fused-ring (bicyclic) bond motifs is 2. The lowest BCUT2D eigenvalue weighted by atomic mass is 10.3. The van der Waals surface area contributed by atoms with Crippen LogP contribution in [0.15, 0.2) is 35.1 Å². The molecule has 4 rings (SSSR count). The minimum Gasteiger partial charge on any atom is -0.291 e. The second-order valence-corrected chi connectivity index (χ2v) is 8.14. The Hall–Kier alpha value is -2.16. The van der Waals surface area contributed by atoms with Crippen LogP contribution in [0.5, 0.6) is 0 Å². The van der Waals surface area contributed by atoms with E-state index < -0.39 is 0 Å². The fourth-order valence-electron chi connectivity index (χ4n) is 2.63. The first-order valence-corrected chi connectivity index (χ1v) is 9.56. The van der Waals surface area contributed by atoms with Crippen LogP contribution < -0.4 is 5.56 Å². The van der Waals surface area contributed by atoms with Crippen molar-refractivity contribution in [3.8, 4) is 0 Å². The zero-order valence-corrected chi connectivity index (χ0v) is 15.8. The monoisotopic (exact) mass is 371 g/mol. The lowest BCUT2D eigenvalue weighted by Gasteiger charge is -2.21. The molecule has 1 aromatic carbocycles. The van der Waals surface area contributed by atoms with Gasteiger partial charge in [0.05, 0.1) is 22.8 Å². The average molecular weight is 371 g/mol. The summed E-state index contributed by atoms with van der Waals surface area (Å²) in [7, 11) is 2.05. The van der Waals surface area contributed by atoms with Crippen molar-refractivity contribution in [2.75, 3.05) is 7.05 Å². The fourth-order valence-corrected chi connectivity index (χ4v) is 4.72. The summed E-state index contributed by atoms with van der Waals surface area (Å²) in [4.78, 5) is 23.9. The van der Waals surface area contributed by atoms with Crippen molar-refractivity contribution in [3.05, 3.63) is 56.4 Å². The SMILES string of the molecule is Cc1cc(=O)n2nc(CN(C)[C@H](C)c3nc4ccccc4s3)sc2n1. The zero-order chi connectivity index (χ0) is 17.6. The van der Waals surface area contributed by atoms with Gasteiger partial charge < -0.3 is 0 Å². The average Bonchev–Trinajstić information content (AvgIpc) is 3.17. The Bertz CT molecular complexity index is 1080. The highest BCUT2D eigenvalue weighted by atomic mass is 32.1. The number of aryl methyl sites for hydroxylation is 1. The lowest BCUT2D eigenvalue weighted by Crippen LogP contribution is -2.22. The molecule has 0 bridgehead atoms. The molecule has 25 heavy (non-hydrogen) atoms. The van der Waals surface area contributed by atoms with Gasteiger partial charge in [-0.2, -0.15) is 9.61 Å². The van der Waals surface area contributed by atoms with E-state index >= 15 is 0 Å². The molecule has 8 heteroatoms. The highest BCUT2D eigenvalue weighted by Crippen LogP contribution is 2.29. The van der Waals surface area contributed by atoms with E-state index in [-0.39, 0.29) is 11.6 Å². The third kappa shape index (κ3) is 3.08. The summed E-state index contributed by atoms with van der Waals surface area (Å²) in [5, 5.41) is 6.36. The van der Waals surface area contributed by atoms with Gasteiger partial charge in [0, 0.05) is 11.8 Å². The van der Waals surface area contributed by atoms with E-state index in [2.05, 4.69) is 28.0 Å². The van der Waals surface area contributed by atoms with Crippen molar-refractivity contribution in [1.82, 2.24) is 24.5 Å². The molecule has 0 saturated carbocycles.